The standard InChI is InChI=1S/C34H29ClN4O3S2/c1-20(2)42-33(41)29-21(3)36-34-39(31(29)23-12-16-27(43-4)17-13-23)32(40)28(44-34)18-24-19-38(26-8-6-5-7-9-26)37-30(24)22-10-14-25(35)15-11-22/h5-20,31H,1-4H3. The number of carbonyl (C=O) groups is 1. The second kappa shape index (κ2) is 12.4. The maximum absolute atomic E-state index is 14.2. The smallest absolute Gasteiger partial charge is 0.338 e. The monoisotopic (exact) mass is 640 g/mol. The van der Waals surface area contributed by atoms with Crippen molar-refractivity contribution in [1.82, 2.24) is 14.3 Å². The lowest BCUT2D eigenvalue weighted by Gasteiger charge is -2.25. The average molecular weight is 641 g/mol. The van der Waals surface area contributed by atoms with Crippen molar-refractivity contribution in [3.63, 3.8) is 0 Å². The van der Waals surface area contributed by atoms with E-state index in [1.54, 1.807) is 41.8 Å². The number of ether oxygens (including phenoxy) is 1. The van der Waals surface area contributed by atoms with Crippen LogP contribution in [0.5, 0.6) is 0 Å². The van der Waals surface area contributed by atoms with Gasteiger partial charge in [0.2, 0.25) is 0 Å². The van der Waals surface area contributed by atoms with Gasteiger partial charge in [-0.3, -0.25) is 9.36 Å². The molecule has 0 N–H and O–H groups in total. The minimum atomic E-state index is -0.682. The normalized spacial score (nSPS) is 15.0. The number of para-hydroxylation sites is 1. The van der Waals surface area contributed by atoms with E-state index in [0.717, 1.165) is 27.3 Å². The Balaban J connectivity index is 1.55. The predicted molar refractivity (Wildman–Crippen MR) is 177 cm³/mol. The van der Waals surface area contributed by atoms with E-state index in [2.05, 4.69) is 0 Å². The molecule has 0 bridgehead atoms. The Morgan fingerprint density at radius 3 is 2.41 bits per heavy atom. The molecular formula is C34H29ClN4O3S2. The SMILES string of the molecule is CSc1ccc(C2C(C(=O)OC(C)C)=C(C)N=c3sc(=Cc4cn(-c5ccccc5)nc4-c4ccc(Cl)cc4)c(=O)n32)cc1. The summed E-state index contributed by atoms with van der Waals surface area (Å²) in [6, 6.07) is 24.5. The number of halogens is 1. The predicted octanol–water partition coefficient (Wildman–Crippen LogP) is 6.41. The molecule has 44 heavy (non-hydrogen) atoms. The summed E-state index contributed by atoms with van der Waals surface area (Å²) in [6.07, 6.45) is 5.44. The molecule has 0 amide bonds. The van der Waals surface area contributed by atoms with Crippen LogP contribution >= 0.6 is 34.7 Å². The van der Waals surface area contributed by atoms with Gasteiger partial charge in [-0.25, -0.2) is 14.5 Å². The van der Waals surface area contributed by atoms with Gasteiger partial charge in [0.25, 0.3) is 5.56 Å². The number of rotatable bonds is 7. The fraction of sp³-hybridized carbons (Fsp3) is 0.176. The lowest BCUT2D eigenvalue weighted by Crippen LogP contribution is -2.40. The first-order chi connectivity index (χ1) is 21.2. The third kappa shape index (κ3) is 5.83. The Hall–Kier alpha value is -4.18. The van der Waals surface area contributed by atoms with E-state index in [1.807, 2.05) is 97.4 Å². The van der Waals surface area contributed by atoms with Gasteiger partial charge >= 0.3 is 5.97 Å². The van der Waals surface area contributed by atoms with Crippen LogP contribution in [0.4, 0.5) is 0 Å². The van der Waals surface area contributed by atoms with Crippen molar-refractivity contribution in [2.45, 2.75) is 37.8 Å². The second-order valence-corrected chi connectivity index (χ2v) is 12.9. The lowest BCUT2D eigenvalue weighted by molar-refractivity contribution is -0.143. The van der Waals surface area contributed by atoms with Crippen LogP contribution in [-0.4, -0.2) is 32.7 Å². The molecule has 0 fully saturated rings. The maximum Gasteiger partial charge on any atom is 0.338 e. The van der Waals surface area contributed by atoms with Crippen LogP contribution in [0.15, 0.2) is 111 Å². The zero-order chi connectivity index (χ0) is 31.0. The van der Waals surface area contributed by atoms with E-state index >= 15 is 0 Å². The fourth-order valence-corrected chi connectivity index (χ4v) is 6.71. The number of hydrogen-bond acceptors (Lipinski definition) is 7. The first kappa shape index (κ1) is 29.9. The zero-order valence-electron chi connectivity index (χ0n) is 24.5. The Morgan fingerprint density at radius 2 is 1.75 bits per heavy atom. The molecule has 3 heterocycles. The van der Waals surface area contributed by atoms with Gasteiger partial charge in [-0.05, 0) is 75.1 Å². The number of nitrogens with zero attached hydrogens (tertiary/aromatic N) is 4. The molecular weight excluding hydrogens is 612 g/mol. The van der Waals surface area contributed by atoms with Crippen molar-refractivity contribution in [3.05, 3.63) is 132 Å². The van der Waals surface area contributed by atoms with Gasteiger partial charge in [0.15, 0.2) is 4.80 Å². The van der Waals surface area contributed by atoms with Crippen molar-refractivity contribution in [1.29, 1.82) is 0 Å². The van der Waals surface area contributed by atoms with Crippen LogP contribution in [0, 0.1) is 0 Å². The van der Waals surface area contributed by atoms with Crippen molar-refractivity contribution in [2.24, 2.45) is 4.99 Å². The van der Waals surface area contributed by atoms with E-state index in [4.69, 9.17) is 26.4 Å². The van der Waals surface area contributed by atoms with Crippen LogP contribution in [0.3, 0.4) is 0 Å². The number of thiazole rings is 1. The quantitative estimate of drug-likeness (QED) is 0.152. The highest BCUT2D eigenvalue weighted by molar-refractivity contribution is 7.98. The van der Waals surface area contributed by atoms with Crippen LogP contribution in [-0.2, 0) is 9.53 Å². The molecule has 0 radical (unpaired) electrons. The molecule has 0 saturated carbocycles. The van der Waals surface area contributed by atoms with Crippen molar-refractivity contribution >= 4 is 46.7 Å². The van der Waals surface area contributed by atoms with Crippen molar-refractivity contribution in [2.75, 3.05) is 6.26 Å². The van der Waals surface area contributed by atoms with Crippen LogP contribution < -0.4 is 14.9 Å². The number of carbonyl (C=O) groups excluding carboxylic acids is 1. The minimum absolute atomic E-state index is 0.246. The average Bonchev–Trinajstić information content (AvgIpc) is 3.57. The Bertz CT molecular complexity index is 2060. The largest absolute Gasteiger partial charge is 0.459 e. The van der Waals surface area contributed by atoms with Crippen LogP contribution in [0.1, 0.15) is 37.9 Å². The van der Waals surface area contributed by atoms with E-state index in [-0.39, 0.29) is 11.7 Å². The molecule has 0 aliphatic carbocycles. The summed E-state index contributed by atoms with van der Waals surface area (Å²) in [6.45, 7) is 5.40. The first-order valence-corrected chi connectivity index (χ1v) is 16.4. The maximum atomic E-state index is 14.2. The molecule has 0 spiro atoms. The molecule has 5 aromatic rings. The number of benzene rings is 3. The fourth-order valence-electron chi connectivity index (χ4n) is 5.14. The zero-order valence-corrected chi connectivity index (χ0v) is 26.9. The Morgan fingerprint density at radius 1 is 1.05 bits per heavy atom. The number of fused-ring (bicyclic) bond motifs is 1. The third-order valence-electron chi connectivity index (χ3n) is 7.18. The summed E-state index contributed by atoms with van der Waals surface area (Å²) in [5.41, 5.74) is 4.67. The molecule has 1 aliphatic heterocycles. The summed E-state index contributed by atoms with van der Waals surface area (Å²) in [7, 11) is 0. The highest BCUT2D eigenvalue weighted by atomic mass is 35.5. The lowest BCUT2D eigenvalue weighted by atomic mass is 9.96. The number of hydrogen-bond donors (Lipinski definition) is 0. The molecule has 0 saturated heterocycles. The minimum Gasteiger partial charge on any atom is -0.459 e. The van der Waals surface area contributed by atoms with E-state index in [1.165, 1.54) is 11.3 Å². The van der Waals surface area contributed by atoms with Crippen molar-refractivity contribution < 1.29 is 9.53 Å². The molecule has 7 nitrogen and oxygen atoms in total. The number of allylic oxidation sites excluding steroid dienone is 1. The van der Waals surface area contributed by atoms with Crippen molar-refractivity contribution in [3.8, 4) is 16.9 Å². The molecule has 6 rings (SSSR count). The second-order valence-electron chi connectivity index (χ2n) is 10.5. The van der Waals surface area contributed by atoms with Gasteiger partial charge in [0.05, 0.1) is 33.6 Å². The van der Waals surface area contributed by atoms with Gasteiger partial charge in [-0.15, -0.1) is 11.8 Å². The Labute approximate surface area is 267 Å². The van der Waals surface area contributed by atoms with Gasteiger partial charge < -0.3 is 4.74 Å². The summed E-state index contributed by atoms with van der Waals surface area (Å²) in [5, 5.41) is 5.51. The van der Waals surface area contributed by atoms with E-state index in [0.29, 0.717) is 31.3 Å². The third-order valence-corrected chi connectivity index (χ3v) is 9.16. The molecule has 3 aromatic carbocycles. The first-order valence-electron chi connectivity index (χ1n) is 14.0. The van der Waals surface area contributed by atoms with Gasteiger partial charge in [0.1, 0.15) is 5.69 Å². The van der Waals surface area contributed by atoms with Gasteiger partial charge in [-0.1, -0.05) is 65.4 Å². The summed E-state index contributed by atoms with van der Waals surface area (Å²) >= 11 is 9.09. The molecule has 1 atom stereocenters. The molecule has 222 valence electrons. The van der Waals surface area contributed by atoms with Crippen LogP contribution in [0.25, 0.3) is 23.0 Å². The number of esters is 1. The summed E-state index contributed by atoms with van der Waals surface area (Å²) in [5.74, 6) is -0.483. The highest BCUT2D eigenvalue weighted by Gasteiger charge is 2.34. The summed E-state index contributed by atoms with van der Waals surface area (Å²) in [4.78, 5) is 34.0. The highest BCUT2D eigenvalue weighted by Crippen LogP contribution is 2.32. The molecule has 1 unspecified atom stereocenters. The van der Waals surface area contributed by atoms with E-state index < -0.39 is 12.0 Å². The van der Waals surface area contributed by atoms with Crippen LogP contribution in [0.2, 0.25) is 5.02 Å². The summed E-state index contributed by atoms with van der Waals surface area (Å²) < 4.78 is 9.51. The Kier molecular flexibility index (Phi) is 8.44. The molecule has 10 heteroatoms. The van der Waals surface area contributed by atoms with Gasteiger partial charge in [-0.2, -0.15) is 5.10 Å². The molecule has 1 aliphatic rings. The molecule has 2 aromatic heterocycles. The van der Waals surface area contributed by atoms with Gasteiger partial charge in [0, 0.05) is 27.2 Å². The number of aromatic nitrogens is 3. The topological polar surface area (TPSA) is 78.5 Å². The van der Waals surface area contributed by atoms with E-state index in [9.17, 15) is 9.59 Å². The number of thioether (sulfide) groups is 1.